The number of amides is 1. The Balaban J connectivity index is 1.55. The summed E-state index contributed by atoms with van der Waals surface area (Å²) in [5.74, 6) is -0.243. The molecule has 0 aliphatic heterocycles. The van der Waals surface area contributed by atoms with Crippen LogP contribution in [0.1, 0.15) is 16.7 Å². The largest absolute Gasteiger partial charge is 0.484 e. The smallest absolute Gasteiger partial charge is 0.416 e. The van der Waals surface area contributed by atoms with E-state index >= 15 is 0 Å². The van der Waals surface area contributed by atoms with E-state index in [0.717, 1.165) is 23.1 Å². The Hall–Kier alpha value is -3.62. The Morgan fingerprint density at radius 3 is 2.59 bits per heavy atom. The van der Waals surface area contributed by atoms with Crippen molar-refractivity contribution in [3.63, 3.8) is 0 Å². The van der Waals surface area contributed by atoms with E-state index in [4.69, 9.17) is 9.15 Å². The van der Waals surface area contributed by atoms with Crippen LogP contribution in [0, 0.1) is 6.92 Å². The first kappa shape index (κ1) is 20.1. The van der Waals surface area contributed by atoms with Gasteiger partial charge in [0.15, 0.2) is 6.61 Å². The van der Waals surface area contributed by atoms with Gasteiger partial charge in [-0.25, -0.2) is 10.2 Å². The molecule has 0 aliphatic carbocycles. The monoisotopic (exact) mass is 404 g/mol. The van der Waals surface area contributed by atoms with E-state index < -0.39 is 23.3 Å². The zero-order chi connectivity index (χ0) is 21.0. The van der Waals surface area contributed by atoms with Gasteiger partial charge in [-0.15, -0.1) is 0 Å². The number of halogens is 3. The fraction of sp³-hybridized carbons (Fsp3) is 0.150. The van der Waals surface area contributed by atoms with E-state index in [1.165, 1.54) is 30.5 Å². The van der Waals surface area contributed by atoms with E-state index in [9.17, 15) is 22.8 Å². The summed E-state index contributed by atoms with van der Waals surface area (Å²) in [5, 5.41) is 4.43. The lowest BCUT2D eigenvalue weighted by molar-refractivity contribution is -0.137. The number of hydrogen-bond donors (Lipinski definition) is 1. The molecule has 0 fully saturated rings. The number of carbonyl (C=O) groups is 1. The summed E-state index contributed by atoms with van der Waals surface area (Å²) in [4.78, 5) is 23.2. The molecule has 0 bridgehead atoms. The lowest BCUT2D eigenvalue weighted by atomic mass is 10.1. The number of nitrogens with one attached hydrogen (secondary N) is 1. The molecule has 0 atom stereocenters. The molecular weight excluding hydrogens is 389 g/mol. The van der Waals surface area contributed by atoms with Crippen LogP contribution in [0.15, 0.2) is 62.8 Å². The van der Waals surface area contributed by atoms with Gasteiger partial charge in [0.05, 0.1) is 11.8 Å². The van der Waals surface area contributed by atoms with Crippen molar-refractivity contribution < 1.29 is 27.1 Å². The molecule has 0 radical (unpaired) electrons. The van der Waals surface area contributed by atoms with Gasteiger partial charge in [0, 0.05) is 17.5 Å². The van der Waals surface area contributed by atoms with E-state index in [2.05, 4.69) is 10.5 Å². The van der Waals surface area contributed by atoms with Crippen molar-refractivity contribution in [1.29, 1.82) is 0 Å². The van der Waals surface area contributed by atoms with Crippen LogP contribution in [0.4, 0.5) is 13.2 Å². The maximum absolute atomic E-state index is 12.5. The van der Waals surface area contributed by atoms with Crippen LogP contribution in [-0.4, -0.2) is 18.7 Å². The molecule has 0 unspecified atom stereocenters. The average Bonchev–Trinajstić information content (AvgIpc) is 2.65. The highest BCUT2D eigenvalue weighted by Gasteiger charge is 2.29. The molecule has 0 aliphatic rings. The maximum atomic E-state index is 12.5. The second-order valence-corrected chi connectivity index (χ2v) is 6.11. The lowest BCUT2D eigenvalue weighted by Crippen LogP contribution is -2.24. The minimum atomic E-state index is -4.41. The summed E-state index contributed by atoms with van der Waals surface area (Å²) in [6.45, 7) is 1.42. The number of hydrazone groups is 1. The molecule has 29 heavy (non-hydrogen) atoms. The Kier molecular flexibility index (Phi) is 5.67. The Morgan fingerprint density at radius 1 is 1.17 bits per heavy atom. The summed E-state index contributed by atoms with van der Waals surface area (Å²) < 4.78 is 47.9. The van der Waals surface area contributed by atoms with Gasteiger partial charge < -0.3 is 9.15 Å². The van der Waals surface area contributed by atoms with Gasteiger partial charge in [0.1, 0.15) is 11.3 Å². The van der Waals surface area contributed by atoms with Gasteiger partial charge in [-0.2, -0.15) is 18.3 Å². The van der Waals surface area contributed by atoms with Crippen molar-refractivity contribution >= 4 is 23.1 Å². The third-order valence-electron chi connectivity index (χ3n) is 3.93. The van der Waals surface area contributed by atoms with Crippen LogP contribution >= 0.6 is 0 Å². The number of benzene rings is 2. The summed E-state index contributed by atoms with van der Waals surface area (Å²) in [6, 6.07) is 10.5. The number of aryl methyl sites for hydroxylation is 1. The summed E-state index contributed by atoms with van der Waals surface area (Å²) in [5.41, 5.74) is 2.45. The van der Waals surface area contributed by atoms with Gasteiger partial charge >= 0.3 is 11.8 Å². The van der Waals surface area contributed by atoms with Gasteiger partial charge in [0.2, 0.25) is 0 Å². The molecule has 0 spiro atoms. The molecule has 9 heteroatoms. The number of alkyl halides is 3. The van der Waals surface area contributed by atoms with Crippen molar-refractivity contribution in [3.05, 3.63) is 75.6 Å². The first-order valence-corrected chi connectivity index (χ1v) is 8.39. The highest BCUT2D eigenvalue weighted by Crippen LogP contribution is 2.28. The molecule has 2 aromatic carbocycles. The highest BCUT2D eigenvalue weighted by molar-refractivity contribution is 5.83. The number of carbonyl (C=O) groups excluding carboxylic acids is 1. The Morgan fingerprint density at radius 2 is 1.90 bits per heavy atom. The number of ether oxygens (including phenoxy) is 1. The Bertz CT molecular complexity index is 1120. The summed E-state index contributed by atoms with van der Waals surface area (Å²) in [7, 11) is 0. The highest BCUT2D eigenvalue weighted by atomic mass is 19.4. The summed E-state index contributed by atoms with van der Waals surface area (Å²) >= 11 is 0. The van der Waals surface area contributed by atoms with E-state index in [-0.39, 0.29) is 6.61 Å². The van der Waals surface area contributed by atoms with E-state index in [0.29, 0.717) is 16.9 Å². The predicted octanol–water partition coefficient (Wildman–Crippen LogP) is 3.65. The zero-order valence-corrected chi connectivity index (χ0v) is 15.1. The fourth-order valence-electron chi connectivity index (χ4n) is 2.51. The van der Waals surface area contributed by atoms with E-state index in [1.807, 2.05) is 0 Å². The number of rotatable bonds is 5. The van der Waals surface area contributed by atoms with E-state index in [1.54, 1.807) is 19.1 Å². The molecule has 1 aromatic heterocycles. The molecule has 1 heterocycles. The quantitative estimate of drug-likeness (QED) is 0.400. The standard InChI is InChI=1S/C20H15F3N2O4/c1-12-8-19(27)29-17-9-15(6-7-16(12)17)28-11-18(26)25-24-10-13-2-4-14(5-3-13)20(21,22)23/h2-10H,11H2,1H3,(H,25,26)/b24-10-. The van der Waals surface area contributed by atoms with Gasteiger partial charge in [-0.1, -0.05) is 12.1 Å². The van der Waals surface area contributed by atoms with Crippen LogP contribution in [0.25, 0.3) is 11.0 Å². The van der Waals surface area contributed by atoms with Gasteiger partial charge in [0.25, 0.3) is 5.91 Å². The minimum absolute atomic E-state index is 0.327. The summed E-state index contributed by atoms with van der Waals surface area (Å²) in [6.07, 6.45) is -3.20. The van der Waals surface area contributed by atoms with Crippen LogP contribution in [0.5, 0.6) is 5.75 Å². The topological polar surface area (TPSA) is 80.9 Å². The SMILES string of the molecule is Cc1cc(=O)oc2cc(OCC(=O)N/N=C\c3ccc(C(F)(F)F)cc3)ccc12. The molecule has 0 saturated carbocycles. The third-order valence-corrected chi connectivity index (χ3v) is 3.93. The molecule has 0 saturated heterocycles. The third kappa shape index (κ3) is 5.22. The second kappa shape index (κ2) is 8.17. The molecule has 3 aromatic rings. The van der Waals surface area contributed by atoms with Crippen molar-refractivity contribution in [2.24, 2.45) is 5.10 Å². The minimum Gasteiger partial charge on any atom is -0.484 e. The Labute approximate surface area is 162 Å². The second-order valence-electron chi connectivity index (χ2n) is 6.11. The van der Waals surface area contributed by atoms with Crippen LogP contribution in [0.3, 0.4) is 0 Å². The van der Waals surface area contributed by atoms with Crippen LogP contribution < -0.4 is 15.8 Å². The number of hydrogen-bond acceptors (Lipinski definition) is 5. The molecular formula is C20H15F3N2O4. The molecule has 150 valence electrons. The van der Waals surface area contributed by atoms with Gasteiger partial charge in [-0.3, -0.25) is 4.79 Å². The van der Waals surface area contributed by atoms with Gasteiger partial charge in [-0.05, 0) is 42.3 Å². The first-order valence-electron chi connectivity index (χ1n) is 8.39. The van der Waals surface area contributed by atoms with Crippen LogP contribution in [-0.2, 0) is 11.0 Å². The van der Waals surface area contributed by atoms with Crippen molar-refractivity contribution in [1.82, 2.24) is 5.43 Å². The fourth-order valence-corrected chi connectivity index (χ4v) is 2.51. The zero-order valence-electron chi connectivity index (χ0n) is 15.1. The molecule has 3 rings (SSSR count). The molecule has 1 N–H and O–H groups in total. The van der Waals surface area contributed by atoms with Crippen molar-refractivity contribution in [2.75, 3.05) is 6.61 Å². The normalized spacial score (nSPS) is 11.7. The lowest BCUT2D eigenvalue weighted by Gasteiger charge is -2.07. The predicted molar refractivity (Wildman–Crippen MR) is 99.9 cm³/mol. The molecule has 1 amide bonds. The molecule has 6 nitrogen and oxygen atoms in total. The number of nitrogens with zero attached hydrogens (tertiary/aromatic N) is 1. The first-order chi connectivity index (χ1) is 13.7. The van der Waals surface area contributed by atoms with Crippen molar-refractivity contribution in [3.8, 4) is 5.75 Å². The van der Waals surface area contributed by atoms with Crippen molar-refractivity contribution in [2.45, 2.75) is 13.1 Å². The number of fused-ring (bicyclic) bond motifs is 1. The maximum Gasteiger partial charge on any atom is 0.416 e. The van der Waals surface area contributed by atoms with Crippen LogP contribution in [0.2, 0.25) is 0 Å². The average molecular weight is 404 g/mol.